The molecular formula is C34H31ClN2O. The summed E-state index contributed by atoms with van der Waals surface area (Å²) in [5.41, 5.74) is 6.94. The van der Waals surface area contributed by atoms with Crippen molar-refractivity contribution in [1.82, 2.24) is 10.6 Å². The Hall–Kier alpha value is -3.82. The smallest absolute Gasteiger partial charge is 0.251 e. The summed E-state index contributed by atoms with van der Waals surface area (Å²) in [7, 11) is 0. The maximum atomic E-state index is 12.8. The molecule has 0 saturated carbocycles. The monoisotopic (exact) mass is 518 g/mol. The van der Waals surface area contributed by atoms with E-state index in [-0.39, 0.29) is 11.9 Å². The molecule has 0 aliphatic heterocycles. The molecule has 190 valence electrons. The molecule has 0 heterocycles. The molecule has 2 N–H and O–H groups in total. The maximum Gasteiger partial charge on any atom is 0.251 e. The highest BCUT2D eigenvalue weighted by molar-refractivity contribution is 6.30. The Bertz CT molecular complexity index is 1730. The van der Waals surface area contributed by atoms with Gasteiger partial charge >= 0.3 is 0 Å². The summed E-state index contributed by atoms with van der Waals surface area (Å²) in [4.78, 5) is 12.8. The average Bonchev–Trinajstić information content (AvgIpc) is 2.96. The summed E-state index contributed by atoms with van der Waals surface area (Å²) in [5.74, 6) is -0.0681. The van der Waals surface area contributed by atoms with Crippen LogP contribution in [0.15, 0.2) is 84.9 Å². The number of nitrogens with one attached hydrogen (secondary N) is 2. The van der Waals surface area contributed by atoms with Gasteiger partial charge < -0.3 is 10.6 Å². The lowest BCUT2D eigenvalue weighted by atomic mass is 9.87. The molecule has 38 heavy (non-hydrogen) atoms. The third kappa shape index (κ3) is 4.75. The van der Waals surface area contributed by atoms with E-state index in [2.05, 4.69) is 34.9 Å². The summed E-state index contributed by atoms with van der Waals surface area (Å²) in [6.45, 7) is 2.67. The van der Waals surface area contributed by atoms with Crippen LogP contribution in [0.2, 0.25) is 5.02 Å². The van der Waals surface area contributed by atoms with E-state index in [4.69, 9.17) is 11.6 Å². The Morgan fingerprint density at radius 2 is 1.71 bits per heavy atom. The zero-order valence-corrected chi connectivity index (χ0v) is 22.3. The van der Waals surface area contributed by atoms with Crippen molar-refractivity contribution in [3.05, 3.63) is 139 Å². The molecule has 3 nitrogen and oxygen atoms in total. The zero-order valence-electron chi connectivity index (χ0n) is 21.6. The van der Waals surface area contributed by atoms with Crippen molar-refractivity contribution in [2.75, 3.05) is 0 Å². The van der Waals surface area contributed by atoms with Gasteiger partial charge in [0.05, 0.1) is 11.1 Å². The van der Waals surface area contributed by atoms with Gasteiger partial charge in [-0.3, -0.25) is 4.79 Å². The van der Waals surface area contributed by atoms with Gasteiger partial charge in [0.1, 0.15) is 0 Å². The predicted molar refractivity (Wildman–Crippen MR) is 155 cm³/mol. The van der Waals surface area contributed by atoms with Gasteiger partial charge in [-0.15, -0.1) is 0 Å². The molecule has 0 bridgehead atoms. The van der Waals surface area contributed by atoms with Crippen LogP contribution in [-0.2, 0) is 19.4 Å². The average molecular weight is 519 g/mol. The summed E-state index contributed by atoms with van der Waals surface area (Å²) in [6.07, 6.45) is 6.71. The Morgan fingerprint density at radius 3 is 2.53 bits per heavy atom. The van der Waals surface area contributed by atoms with Gasteiger partial charge in [0.25, 0.3) is 5.91 Å². The van der Waals surface area contributed by atoms with Crippen LogP contribution in [0.25, 0.3) is 11.8 Å². The van der Waals surface area contributed by atoms with Crippen molar-refractivity contribution in [3.8, 4) is 0 Å². The number of carbonyl (C=O) groups is 1. The second-order valence-electron chi connectivity index (χ2n) is 10.2. The van der Waals surface area contributed by atoms with Crippen molar-refractivity contribution in [3.63, 3.8) is 0 Å². The second-order valence-corrected chi connectivity index (χ2v) is 10.6. The predicted octanol–water partition coefficient (Wildman–Crippen LogP) is 5.69. The fraction of sp³-hybridized carbons (Fsp3) is 0.206. The normalized spacial score (nSPS) is 14.4. The fourth-order valence-corrected chi connectivity index (χ4v) is 6.04. The van der Waals surface area contributed by atoms with Crippen molar-refractivity contribution in [2.24, 2.45) is 0 Å². The van der Waals surface area contributed by atoms with Crippen LogP contribution in [0.4, 0.5) is 0 Å². The number of rotatable bonds is 6. The van der Waals surface area contributed by atoms with E-state index in [9.17, 15) is 4.79 Å². The highest BCUT2D eigenvalue weighted by atomic mass is 35.5. The first-order valence-electron chi connectivity index (χ1n) is 13.4. The largest absolute Gasteiger partial charge is 0.383 e. The van der Waals surface area contributed by atoms with E-state index in [1.165, 1.54) is 33.2 Å². The topological polar surface area (TPSA) is 41.1 Å². The SMILES string of the molecule is CC(NC(=O)c1ccc(CNC2=c3c(Cl)cccc3=c3ccc4c(c3C2)CCCC=4)cc1)c1ccccc1. The molecule has 1 amide bonds. The number of halogens is 1. The van der Waals surface area contributed by atoms with Crippen LogP contribution >= 0.6 is 11.6 Å². The minimum Gasteiger partial charge on any atom is -0.383 e. The fourth-order valence-electron chi connectivity index (χ4n) is 5.75. The van der Waals surface area contributed by atoms with Crippen LogP contribution in [0.1, 0.15) is 58.4 Å². The van der Waals surface area contributed by atoms with Crippen molar-refractivity contribution in [2.45, 2.75) is 45.2 Å². The van der Waals surface area contributed by atoms with Crippen molar-refractivity contribution >= 4 is 29.3 Å². The van der Waals surface area contributed by atoms with Gasteiger partial charge in [-0.25, -0.2) is 0 Å². The highest BCUT2D eigenvalue weighted by Crippen LogP contribution is 2.22. The van der Waals surface area contributed by atoms with E-state index in [0.717, 1.165) is 46.3 Å². The van der Waals surface area contributed by atoms with Gasteiger partial charge in [-0.05, 0) is 82.3 Å². The van der Waals surface area contributed by atoms with Crippen LogP contribution in [0.5, 0.6) is 0 Å². The van der Waals surface area contributed by atoms with Gasteiger partial charge in [0.15, 0.2) is 0 Å². The molecule has 4 aromatic rings. The molecule has 0 radical (unpaired) electrons. The van der Waals surface area contributed by atoms with Gasteiger partial charge in [-0.1, -0.05) is 84.4 Å². The molecule has 0 spiro atoms. The first kappa shape index (κ1) is 24.5. The molecule has 4 heteroatoms. The van der Waals surface area contributed by atoms with E-state index in [1.54, 1.807) is 0 Å². The van der Waals surface area contributed by atoms with Crippen LogP contribution in [0, 0.1) is 10.4 Å². The first-order valence-corrected chi connectivity index (χ1v) is 13.8. The third-order valence-corrected chi connectivity index (χ3v) is 8.11. The van der Waals surface area contributed by atoms with Gasteiger partial charge in [-0.2, -0.15) is 0 Å². The zero-order chi connectivity index (χ0) is 26.1. The Labute approximate surface area is 228 Å². The minimum absolute atomic E-state index is 0.0521. The van der Waals surface area contributed by atoms with E-state index < -0.39 is 0 Å². The molecule has 2 aliphatic rings. The lowest BCUT2D eigenvalue weighted by Crippen LogP contribution is -2.29. The van der Waals surface area contributed by atoms with Crippen LogP contribution in [-0.4, -0.2) is 5.91 Å². The summed E-state index contributed by atoms with van der Waals surface area (Å²) >= 11 is 6.76. The van der Waals surface area contributed by atoms with E-state index in [0.29, 0.717) is 12.1 Å². The Balaban J connectivity index is 1.24. The standard InChI is InChI=1S/C34H31ClN2O/c1-22(24-8-3-2-4-9-24)37-34(38)26-16-14-23(15-17-26)21-36-32-20-30-27-11-6-5-10-25(27)18-19-28(30)29-12-7-13-31(35)33(29)32/h2-4,7-10,12-19,22,36H,5-6,11,20-21H2,1H3,(H,37,38). The van der Waals surface area contributed by atoms with Crippen LogP contribution < -0.4 is 21.1 Å². The molecule has 2 aliphatic carbocycles. The molecule has 1 unspecified atom stereocenters. The summed E-state index contributed by atoms with van der Waals surface area (Å²) in [6, 6.07) is 28.6. The lowest BCUT2D eigenvalue weighted by molar-refractivity contribution is 0.0940. The maximum absolute atomic E-state index is 12.8. The van der Waals surface area contributed by atoms with Gasteiger partial charge in [0, 0.05) is 29.4 Å². The minimum atomic E-state index is -0.0681. The number of amides is 1. The van der Waals surface area contributed by atoms with Crippen LogP contribution in [0.3, 0.4) is 0 Å². The third-order valence-electron chi connectivity index (χ3n) is 7.79. The first-order chi connectivity index (χ1) is 18.6. The lowest BCUT2D eigenvalue weighted by Gasteiger charge is -2.21. The molecular weight excluding hydrogens is 488 g/mol. The molecule has 1 atom stereocenters. The molecule has 0 fully saturated rings. The number of fused-ring (bicyclic) bond motifs is 4. The van der Waals surface area contributed by atoms with E-state index in [1.807, 2.05) is 73.7 Å². The summed E-state index contributed by atoms with van der Waals surface area (Å²) in [5, 5.41) is 12.6. The molecule has 4 aromatic carbocycles. The molecule has 0 saturated heterocycles. The Kier molecular flexibility index (Phi) is 6.78. The number of carbonyl (C=O) groups excluding carboxylic acids is 1. The molecule has 6 rings (SSSR count). The number of benzene rings is 4. The second kappa shape index (κ2) is 10.5. The van der Waals surface area contributed by atoms with E-state index >= 15 is 0 Å². The van der Waals surface area contributed by atoms with Crippen molar-refractivity contribution in [1.29, 1.82) is 0 Å². The number of hydrogen-bond donors (Lipinski definition) is 2. The van der Waals surface area contributed by atoms with Crippen molar-refractivity contribution < 1.29 is 4.79 Å². The number of hydrogen-bond acceptors (Lipinski definition) is 2. The summed E-state index contributed by atoms with van der Waals surface area (Å²) < 4.78 is 0. The molecule has 0 aromatic heterocycles. The Morgan fingerprint density at radius 1 is 0.895 bits per heavy atom. The highest BCUT2D eigenvalue weighted by Gasteiger charge is 2.17. The van der Waals surface area contributed by atoms with Gasteiger partial charge in [0.2, 0.25) is 0 Å². The quantitative estimate of drug-likeness (QED) is 0.344.